The van der Waals surface area contributed by atoms with Crippen LogP contribution in [0, 0.1) is 6.92 Å². The van der Waals surface area contributed by atoms with E-state index >= 15 is 0 Å². The number of ketones is 1. The zero-order valence-electron chi connectivity index (χ0n) is 10.7. The number of aryl methyl sites for hydroxylation is 3. The summed E-state index contributed by atoms with van der Waals surface area (Å²) in [6.45, 7) is 1.96. The van der Waals surface area contributed by atoms with Gasteiger partial charge < -0.3 is 0 Å². The van der Waals surface area contributed by atoms with Gasteiger partial charge >= 0.3 is 0 Å². The van der Waals surface area contributed by atoms with Gasteiger partial charge in [-0.25, -0.2) is 0 Å². The lowest BCUT2D eigenvalue weighted by Crippen LogP contribution is -2.22. The summed E-state index contributed by atoms with van der Waals surface area (Å²) in [6.07, 6.45) is 1.85. The van der Waals surface area contributed by atoms with Gasteiger partial charge in [0.2, 0.25) is 0 Å². The van der Waals surface area contributed by atoms with Gasteiger partial charge in [0.1, 0.15) is 0 Å². The second-order valence-corrected chi connectivity index (χ2v) is 4.95. The Bertz CT molecular complexity index is 613. The Hall–Kier alpha value is -1.90. The second-order valence-electron chi connectivity index (χ2n) is 4.95. The fraction of sp³-hybridized carbons (Fsp3) is 0.333. The molecular formula is C15H16N2O. The average molecular weight is 240 g/mol. The van der Waals surface area contributed by atoms with Crippen molar-refractivity contribution in [1.82, 2.24) is 9.78 Å². The molecule has 1 atom stereocenters. The largest absolute Gasteiger partial charge is 0.293 e. The van der Waals surface area contributed by atoms with Gasteiger partial charge in [0.05, 0.1) is 11.6 Å². The van der Waals surface area contributed by atoms with E-state index in [0.717, 1.165) is 29.8 Å². The summed E-state index contributed by atoms with van der Waals surface area (Å²) in [5, 5.41) is 4.34. The molecule has 1 aromatic carbocycles. The number of carbonyl (C=O) groups excluding carboxylic acids is 1. The van der Waals surface area contributed by atoms with Crippen LogP contribution < -0.4 is 0 Å². The summed E-state index contributed by atoms with van der Waals surface area (Å²) in [5.41, 5.74) is 4.07. The van der Waals surface area contributed by atoms with Crippen molar-refractivity contribution >= 4 is 5.78 Å². The Kier molecular flexibility index (Phi) is 2.54. The molecule has 1 aliphatic rings. The topological polar surface area (TPSA) is 34.9 Å². The SMILES string of the molecule is Cc1cc(C2CCc3ccccc3C2=O)n(C)n1. The Morgan fingerprint density at radius 1 is 1.33 bits per heavy atom. The van der Waals surface area contributed by atoms with Crippen LogP contribution in [-0.2, 0) is 13.5 Å². The van der Waals surface area contributed by atoms with Crippen molar-refractivity contribution in [3.63, 3.8) is 0 Å². The minimum atomic E-state index is -0.0360. The molecule has 0 saturated carbocycles. The predicted molar refractivity (Wildman–Crippen MR) is 69.8 cm³/mol. The van der Waals surface area contributed by atoms with Gasteiger partial charge in [-0.1, -0.05) is 24.3 Å². The summed E-state index contributed by atoms with van der Waals surface area (Å²) >= 11 is 0. The quantitative estimate of drug-likeness (QED) is 0.768. The molecule has 3 rings (SSSR count). The molecular weight excluding hydrogens is 224 g/mol. The third-order valence-corrected chi connectivity index (χ3v) is 3.70. The predicted octanol–water partition coefficient (Wildman–Crippen LogP) is 2.64. The van der Waals surface area contributed by atoms with Crippen molar-refractivity contribution in [2.24, 2.45) is 7.05 Å². The van der Waals surface area contributed by atoms with E-state index in [4.69, 9.17) is 0 Å². The standard InChI is InChI=1S/C15H16N2O/c1-10-9-14(17(2)16-10)13-8-7-11-5-3-4-6-12(11)15(13)18/h3-6,9,13H,7-8H2,1-2H3. The number of hydrogen-bond donors (Lipinski definition) is 0. The van der Waals surface area contributed by atoms with E-state index in [1.165, 1.54) is 5.56 Å². The molecule has 1 heterocycles. The van der Waals surface area contributed by atoms with E-state index in [9.17, 15) is 4.79 Å². The van der Waals surface area contributed by atoms with Crippen LogP contribution in [0.2, 0.25) is 0 Å². The number of fused-ring (bicyclic) bond motifs is 1. The molecule has 0 fully saturated rings. The van der Waals surface area contributed by atoms with Crippen molar-refractivity contribution in [1.29, 1.82) is 0 Å². The molecule has 92 valence electrons. The Labute approximate surface area is 106 Å². The van der Waals surface area contributed by atoms with Gasteiger partial charge in [-0.05, 0) is 31.4 Å². The number of benzene rings is 1. The molecule has 1 aromatic heterocycles. The Morgan fingerprint density at radius 3 is 2.83 bits per heavy atom. The third-order valence-electron chi connectivity index (χ3n) is 3.70. The van der Waals surface area contributed by atoms with E-state index in [1.54, 1.807) is 0 Å². The molecule has 0 radical (unpaired) electrons. The number of Topliss-reactive ketones (excluding diaryl/α,β-unsaturated/α-hetero) is 1. The van der Waals surface area contributed by atoms with Crippen LogP contribution in [0.4, 0.5) is 0 Å². The normalized spacial score (nSPS) is 18.8. The average Bonchev–Trinajstić information content (AvgIpc) is 2.69. The molecule has 3 heteroatoms. The molecule has 2 aromatic rings. The van der Waals surface area contributed by atoms with Crippen molar-refractivity contribution < 1.29 is 4.79 Å². The van der Waals surface area contributed by atoms with E-state index in [0.29, 0.717) is 0 Å². The van der Waals surface area contributed by atoms with Gasteiger partial charge in [0.25, 0.3) is 0 Å². The Morgan fingerprint density at radius 2 is 2.11 bits per heavy atom. The van der Waals surface area contributed by atoms with E-state index < -0.39 is 0 Å². The first-order valence-electron chi connectivity index (χ1n) is 6.29. The number of aromatic nitrogens is 2. The summed E-state index contributed by atoms with van der Waals surface area (Å²) in [6, 6.07) is 9.95. The molecule has 18 heavy (non-hydrogen) atoms. The van der Waals surface area contributed by atoms with Crippen LogP contribution in [0.25, 0.3) is 0 Å². The zero-order valence-corrected chi connectivity index (χ0v) is 10.7. The lowest BCUT2D eigenvalue weighted by molar-refractivity contribution is 0.0942. The molecule has 0 saturated heterocycles. The zero-order chi connectivity index (χ0) is 12.7. The maximum atomic E-state index is 12.5. The molecule has 0 N–H and O–H groups in total. The van der Waals surface area contributed by atoms with Crippen LogP contribution in [-0.4, -0.2) is 15.6 Å². The van der Waals surface area contributed by atoms with Gasteiger partial charge in [-0.2, -0.15) is 5.10 Å². The minimum absolute atomic E-state index is 0.0360. The minimum Gasteiger partial charge on any atom is -0.293 e. The van der Waals surface area contributed by atoms with E-state index in [-0.39, 0.29) is 11.7 Å². The van der Waals surface area contributed by atoms with E-state index in [2.05, 4.69) is 11.2 Å². The first kappa shape index (κ1) is 11.2. The molecule has 1 aliphatic carbocycles. The third kappa shape index (κ3) is 1.67. The first-order valence-corrected chi connectivity index (χ1v) is 6.29. The van der Waals surface area contributed by atoms with Gasteiger partial charge in [0, 0.05) is 18.3 Å². The number of nitrogens with zero attached hydrogens (tertiary/aromatic N) is 2. The van der Waals surface area contributed by atoms with Gasteiger partial charge in [0.15, 0.2) is 5.78 Å². The van der Waals surface area contributed by atoms with Crippen LogP contribution in [0.15, 0.2) is 30.3 Å². The fourth-order valence-corrected chi connectivity index (χ4v) is 2.84. The van der Waals surface area contributed by atoms with Crippen molar-refractivity contribution in [2.75, 3.05) is 0 Å². The smallest absolute Gasteiger partial charge is 0.172 e. The van der Waals surface area contributed by atoms with Gasteiger partial charge in [-0.3, -0.25) is 9.48 Å². The monoisotopic (exact) mass is 240 g/mol. The van der Waals surface area contributed by atoms with Crippen molar-refractivity contribution in [3.8, 4) is 0 Å². The highest BCUT2D eigenvalue weighted by molar-refractivity contribution is 6.03. The lowest BCUT2D eigenvalue weighted by Gasteiger charge is -2.23. The summed E-state index contributed by atoms with van der Waals surface area (Å²) in [5.74, 6) is 0.200. The molecule has 3 nitrogen and oxygen atoms in total. The van der Waals surface area contributed by atoms with Crippen LogP contribution in [0.5, 0.6) is 0 Å². The Balaban J connectivity index is 2.03. The van der Waals surface area contributed by atoms with Crippen LogP contribution >= 0.6 is 0 Å². The highest BCUT2D eigenvalue weighted by Gasteiger charge is 2.30. The number of rotatable bonds is 1. The summed E-state index contributed by atoms with van der Waals surface area (Å²) in [4.78, 5) is 12.5. The van der Waals surface area contributed by atoms with E-state index in [1.807, 2.05) is 42.9 Å². The molecule has 0 bridgehead atoms. The van der Waals surface area contributed by atoms with Crippen LogP contribution in [0.3, 0.4) is 0 Å². The molecule has 1 unspecified atom stereocenters. The first-order chi connectivity index (χ1) is 8.66. The van der Waals surface area contributed by atoms with Gasteiger partial charge in [-0.15, -0.1) is 0 Å². The molecule has 0 amide bonds. The van der Waals surface area contributed by atoms with Crippen LogP contribution in [0.1, 0.15) is 39.6 Å². The highest BCUT2D eigenvalue weighted by Crippen LogP contribution is 2.32. The lowest BCUT2D eigenvalue weighted by atomic mass is 9.81. The number of hydrogen-bond acceptors (Lipinski definition) is 2. The fourth-order valence-electron chi connectivity index (χ4n) is 2.84. The van der Waals surface area contributed by atoms with Crippen molar-refractivity contribution in [3.05, 3.63) is 52.8 Å². The highest BCUT2D eigenvalue weighted by atomic mass is 16.1. The second kappa shape index (κ2) is 4.09. The van der Waals surface area contributed by atoms with Crippen molar-refractivity contribution in [2.45, 2.75) is 25.7 Å². The maximum absolute atomic E-state index is 12.5. The summed E-state index contributed by atoms with van der Waals surface area (Å²) in [7, 11) is 1.91. The maximum Gasteiger partial charge on any atom is 0.172 e. The number of carbonyl (C=O) groups is 1. The molecule has 0 spiro atoms. The summed E-state index contributed by atoms with van der Waals surface area (Å²) < 4.78 is 1.84. The molecule has 0 aliphatic heterocycles.